The number of ether oxygens (including phenoxy) is 1. The summed E-state index contributed by atoms with van der Waals surface area (Å²) in [5, 5.41) is 4.53. The van der Waals surface area contributed by atoms with Crippen molar-refractivity contribution in [3.8, 4) is 0 Å². The van der Waals surface area contributed by atoms with Crippen molar-refractivity contribution in [3.63, 3.8) is 0 Å². The van der Waals surface area contributed by atoms with Gasteiger partial charge in [0.15, 0.2) is 0 Å². The van der Waals surface area contributed by atoms with Gasteiger partial charge < -0.3 is 10.1 Å². The average Bonchev–Trinajstić information content (AvgIpc) is 2.83. The predicted molar refractivity (Wildman–Crippen MR) is 85.6 cm³/mol. The Hall–Kier alpha value is -0.570. The molecule has 2 unspecified atom stereocenters. The van der Waals surface area contributed by atoms with Crippen molar-refractivity contribution in [3.05, 3.63) is 33.8 Å². The largest absolute Gasteiger partial charge is 0.373 e. The van der Waals surface area contributed by atoms with E-state index in [0.717, 1.165) is 43.0 Å². The van der Waals surface area contributed by atoms with Crippen LogP contribution in [0.15, 0.2) is 12.1 Å². The predicted octanol–water partition coefficient (Wildman–Crippen LogP) is 4.57. The van der Waals surface area contributed by atoms with Gasteiger partial charge in [0, 0.05) is 11.6 Å². The molecule has 1 saturated heterocycles. The van der Waals surface area contributed by atoms with Gasteiger partial charge in [-0.1, -0.05) is 24.6 Å². The monoisotopic (exact) mass is 295 g/mol. The Balaban J connectivity index is 2.38. The Morgan fingerprint density at radius 3 is 2.70 bits per heavy atom. The summed E-state index contributed by atoms with van der Waals surface area (Å²) in [6.45, 7) is 10.5. The zero-order chi connectivity index (χ0) is 14.8. The molecule has 112 valence electrons. The molecule has 1 aromatic rings. The molecular weight excluding hydrogens is 270 g/mol. The van der Waals surface area contributed by atoms with E-state index in [4.69, 9.17) is 16.3 Å². The smallest absolute Gasteiger partial charge is 0.0849 e. The summed E-state index contributed by atoms with van der Waals surface area (Å²) in [6.07, 6.45) is 3.38. The van der Waals surface area contributed by atoms with Crippen molar-refractivity contribution in [1.29, 1.82) is 0 Å². The molecule has 0 amide bonds. The summed E-state index contributed by atoms with van der Waals surface area (Å²) in [4.78, 5) is 0. The molecule has 0 aromatic heterocycles. The van der Waals surface area contributed by atoms with Crippen LogP contribution in [-0.2, 0) is 4.74 Å². The van der Waals surface area contributed by atoms with Crippen LogP contribution < -0.4 is 5.32 Å². The molecule has 1 fully saturated rings. The second-order valence-corrected chi connectivity index (χ2v) is 6.52. The Kier molecular flexibility index (Phi) is 5.11. The van der Waals surface area contributed by atoms with Gasteiger partial charge in [-0.15, -0.1) is 0 Å². The molecule has 1 N–H and O–H groups in total. The molecule has 2 atom stereocenters. The van der Waals surface area contributed by atoms with E-state index in [2.05, 4.69) is 45.1 Å². The van der Waals surface area contributed by atoms with Gasteiger partial charge in [0.2, 0.25) is 0 Å². The third kappa shape index (κ3) is 3.19. The van der Waals surface area contributed by atoms with Crippen LogP contribution >= 0.6 is 11.6 Å². The lowest BCUT2D eigenvalue weighted by Crippen LogP contribution is -2.42. The van der Waals surface area contributed by atoms with E-state index in [9.17, 15) is 0 Å². The Morgan fingerprint density at radius 1 is 1.35 bits per heavy atom. The summed E-state index contributed by atoms with van der Waals surface area (Å²) in [6, 6.07) is 4.53. The molecule has 2 nitrogen and oxygen atoms in total. The van der Waals surface area contributed by atoms with Gasteiger partial charge in [-0.05, 0) is 69.3 Å². The second-order valence-electron chi connectivity index (χ2n) is 6.11. The highest BCUT2D eigenvalue weighted by Gasteiger charge is 2.39. The normalized spacial score (nSPS) is 24.1. The third-order valence-corrected chi connectivity index (χ3v) is 4.72. The number of rotatable bonds is 5. The van der Waals surface area contributed by atoms with E-state index in [1.807, 2.05) is 0 Å². The van der Waals surface area contributed by atoms with Gasteiger partial charge in [-0.3, -0.25) is 0 Å². The lowest BCUT2D eigenvalue weighted by molar-refractivity contribution is -0.0126. The fourth-order valence-electron chi connectivity index (χ4n) is 3.09. The standard InChI is InChI=1S/C17H26ClNO/c1-5-8-19-16(17(4)7-6-9-20-17)14-10-13(3)15(18)11-12(14)2/h10-11,16,19H,5-9H2,1-4H3. The quantitative estimate of drug-likeness (QED) is 0.859. The van der Waals surface area contributed by atoms with Crippen LogP contribution in [0.1, 0.15) is 55.8 Å². The minimum Gasteiger partial charge on any atom is -0.373 e. The van der Waals surface area contributed by atoms with E-state index in [0.29, 0.717) is 0 Å². The van der Waals surface area contributed by atoms with E-state index < -0.39 is 0 Å². The third-order valence-electron chi connectivity index (χ3n) is 4.32. The van der Waals surface area contributed by atoms with Crippen LogP contribution in [-0.4, -0.2) is 18.8 Å². The topological polar surface area (TPSA) is 21.3 Å². The highest BCUT2D eigenvalue weighted by atomic mass is 35.5. The molecule has 1 aromatic carbocycles. The maximum Gasteiger partial charge on any atom is 0.0849 e. The SMILES string of the molecule is CCCNC(c1cc(C)c(Cl)cc1C)C1(C)CCCO1. The molecule has 0 spiro atoms. The van der Waals surface area contributed by atoms with E-state index in [1.165, 1.54) is 11.1 Å². The van der Waals surface area contributed by atoms with Crippen LogP contribution in [0.5, 0.6) is 0 Å². The van der Waals surface area contributed by atoms with Crippen molar-refractivity contribution < 1.29 is 4.74 Å². The lowest BCUT2D eigenvalue weighted by Gasteiger charge is -2.35. The van der Waals surface area contributed by atoms with Crippen LogP contribution in [0.4, 0.5) is 0 Å². The summed E-state index contributed by atoms with van der Waals surface area (Å²) >= 11 is 6.24. The maximum absolute atomic E-state index is 6.24. The zero-order valence-electron chi connectivity index (χ0n) is 13.1. The van der Waals surface area contributed by atoms with Crippen molar-refractivity contribution in [2.75, 3.05) is 13.2 Å². The molecule has 1 aliphatic rings. The number of nitrogens with one attached hydrogen (secondary N) is 1. The molecule has 2 rings (SSSR count). The lowest BCUT2D eigenvalue weighted by atomic mass is 9.85. The summed E-state index contributed by atoms with van der Waals surface area (Å²) in [5.41, 5.74) is 3.59. The van der Waals surface area contributed by atoms with Crippen LogP contribution in [0.2, 0.25) is 5.02 Å². The number of halogens is 1. The van der Waals surface area contributed by atoms with E-state index in [-0.39, 0.29) is 11.6 Å². The van der Waals surface area contributed by atoms with Gasteiger partial charge in [-0.25, -0.2) is 0 Å². The highest BCUT2D eigenvalue weighted by molar-refractivity contribution is 6.31. The van der Waals surface area contributed by atoms with E-state index >= 15 is 0 Å². The number of aryl methyl sites for hydroxylation is 2. The highest BCUT2D eigenvalue weighted by Crippen LogP contribution is 2.39. The van der Waals surface area contributed by atoms with Crippen LogP contribution in [0.25, 0.3) is 0 Å². The van der Waals surface area contributed by atoms with Crippen molar-refractivity contribution in [1.82, 2.24) is 5.32 Å². The zero-order valence-corrected chi connectivity index (χ0v) is 13.8. The van der Waals surface area contributed by atoms with Crippen LogP contribution in [0.3, 0.4) is 0 Å². The molecule has 1 heterocycles. The first-order chi connectivity index (χ1) is 9.48. The molecule has 0 aliphatic carbocycles. The summed E-state index contributed by atoms with van der Waals surface area (Å²) in [7, 11) is 0. The maximum atomic E-state index is 6.24. The van der Waals surface area contributed by atoms with Gasteiger partial charge >= 0.3 is 0 Å². The van der Waals surface area contributed by atoms with Crippen molar-refractivity contribution >= 4 is 11.6 Å². The minimum atomic E-state index is -0.111. The number of hydrogen-bond donors (Lipinski definition) is 1. The first-order valence-corrected chi connectivity index (χ1v) is 7.99. The second kappa shape index (κ2) is 6.46. The molecule has 1 aliphatic heterocycles. The van der Waals surface area contributed by atoms with Gasteiger partial charge in [-0.2, -0.15) is 0 Å². The molecule has 0 radical (unpaired) electrons. The van der Waals surface area contributed by atoms with Crippen molar-refractivity contribution in [2.45, 2.75) is 58.6 Å². The molecule has 0 saturated carbocycles. The first kappa shape index (κ1) is 15.8. The number of benzene rings is 1. The Morgan fingerprint density at radius 2 is 2.10 bits per heavy atom. The fourth-order valence-corrected chi connectivity index (χ4v) is 3.30. The fraction of sp³-hybridized carbons (Fsp3) is 0.647. The summed E-state index contributed by atoms with van der Waals surface area (Å²) in [5.74, 6) is 0. The molecule has 0 bridgehead atoms. The minimum absolute atomic E-state index is 0.111. The van der Waals surface area contributed by atoms with E-state index in [1.54, 1.807) is 0 Å². The Bertz CT molecular complexity index is 466. The number of hydrogen-bond acceptors (Lipinski definition) is 2. The molecule has 20 heavy (non-hydrogen) atoms. The van der Waals surface area contributed by atoms with Gasteiger partial charge in [0.1, 0.15) is 0 Å². The Labute approximate surface area is 127 Å². The average molecular weight is 296 g/mol. The molecular formula is C17H26ClNO. The molecule has 3 heteroatoms. The van der Waals surface area contributed by atoms with Crippen molar-refractivity contribution in [2.24, 2.45) is 0 Å². The van der Waals surface area contributed by atoms with Gasteiger partial charge in [0.25, 0.3) is 0 Å². The summed E-state index contributed by atoms with van der Waals surface area (Å²) < 4.78 is 6.08. The van der Waals surface area contributed by atoms with Gasteiger partial charge in [0.05, 0.1) is 11.6 Å². The van der Waals surface area contributed by atoms with Crippen LogP contribution in [0, 0.1) is 13.8 Å². The first-order valence-electron chi connectivity index (χ1n) is 7.62.